The highest BCUT2D eigenvalue weighted by atomic mass is 19.3. The van der Waals surface area contributed by atoms with Crippen LogP contribution in [0.2, 0.25) is 0 Å². The van der Waals surface area contributed by atoms with E-state index in [0.717, 1.165) is 34.4 Å². The average Bonchev–Trinajstić information content (AvgIpc) is 3.06. The predicted molar refractivity (Wildman–Crippen MR) is 177 cm³/mol. The molecule has 1 aromatic heterocycles. The third kappa shape index (κ3) is 8.17. The fourth-order valence-electron chi connectivity index (χ4n) is 5.56. The smallest absolute Gasteiger partial charge is 0.263 e. The van der Waals surface area contributed by atoms with Crippen LogP contribution in [0.3, 0.4) is 0 Å². The highest BCUT2D eigenvalue weighted by Crippen LogP contribution is 2.28. The molecule has 4 aromatic rings. The summed E-state index contributed by atoms with van der Waals surface area (Å²) < 4.78 is 50.4. The zero-order valence-corrected chi connectivity index (χ0v) is 26.8. The largest absolute Gasteiger partial charge is 0.395 e. The summed E-state index contributed by atoms with van der Waals surface area (Å²) in [6.07, 6.45) is 0.329. The third-order valence-corrected chi connectivity index (χ3v) is 8.14. The zero-order valence-electron chi connectivity index (χ0n) is 26.8. The zero-order chi connectivity index (χ0) is 33.2. The molecule has 46 heavy (non-hydrogen) atoms. The summed E-state index contributed by atoms with van der Waals surface area (Å²) in [7, 11) is 3.31. The molecule has 0 aliphatic carbocycles. The second-order valence-electron chi connectivity index (χ2n) is 11.1. The summed E-state index contributed by atoms with van der Waals surface area (Å²) in [6, 6.07) is 19.3. The summed E-state index contributed by atoms with van der Waals surface area (Å²) in [5, 5.41) is 24.0. The number of pyridine rings is 1. The minimum absolute atomic E-state index is 0.0653. The molecule has 0 bridgehead atoms. The van der Waals surface area contributed by atoms with Crippen LogP contribution >= 0.6 is 0 Å². The van der Waals surface area contributed by atoms with Gasteiger partial charge in [-0.25, -0.2) is 13.2 Å². The molecule has 10 heteroatoms. The summed E-state index contributed by atoms with van der Waals surface area (Å²) >= 11 is 0. The summed E-state index contributed by atoms with van der Waals surface area (Å²) in [6.45, 7) is 4.21. The Labute approximate surface area is 268 Å². The molecular weight excluding hydrogens is 593 g/mol. The van der Waals surface area contributed by atoms with Crippen molar-refractivity contribution < 1.29 is 28.1 Å². The highest BCUT2D eigenvalue weighted by Gasteiger charge is 2.21. The topological polar surface area (TPSA) is 82.2 Å². The van der Waals surface area contributed by atoms with E-state index in [0.29, 0.717) is 29.2 Å². The van der Waals surface area contributed by atoms with Gasteiger partial charge in [0.2, 0.25) is 0 Å². The van der Waals surface area contributed by atoms with E-state index >= 15 is 4.39 Å². The summed E-state index contributed by atoms with van der Waals surface area (Å²) in [5.41, 5.74) is 5.28. The maximum Gasteiger partial charge on any atom is 0.263 e. The first-order valence-corrected chi connectivity index (χ1v) is 15.4. The lowest BCUT2D eigenvalue weighted by Crippen LogP contribution is -2.34. The van der Waals surface area contributed by atoms with Gasteiger partial charge in [0, 0.05) is 68.6 Å². The SMILES string of the molecule is CCC(C)=C(NC(Cc1ccccc1)OC)c1cn(Cc2ccc(C(F)F)cc2)c2cc(N(CCO)CCO)c(F)cc2c1=NC. The number of benzene rings is 3. The van der Waals surface area contributed by atoms with Crippen LogP contribution in [0.1, 0.15) is 48.9 Å². The van der Waals surface area contributed by atoms with Crippen molar-refractivity contribution in [2.45, 2.75) is 45.9 Å². The number of hydrogen-bond acceptors (Lipinski definition) is 6. The first kappa shape index (κ1) is 34.7. The maximum atomic E-state index is 15.9. The molecule has 0 aliphatic rings. The molecule has 0 saturated heterocycles. The number of ether oxygens (including phenoxy) is 1. The summed E-state index contributed by atoms with van der Waals surface area (Å²) in [5.74, 6) is -0.520. The number of aliphatic hydroxyl groups excluding tert-OH is 2. The van der Waals surface area contributed by atoms with Crippen molar-refractivity contribution in [2.24, 2.45) is 4.99 Å². The molecule has 0 fully saturated rings. The van der Waals surface area contributed by atoms with E-state index in [-0.39, 0.29) is 43.8 Å². The normalized spacial score (nSPS) is 13.3. The first-order valence-electron chi connectivity index (χ1n) is 15.4. The number of alkyl halides is 2. The van der Waals surface area contributed by atoms with Crippen molar-refractivity contribution in [3.05, 3.63) is 112 Å². The van der Waals surface area contributed by atoms with Crippen LogP contribution in [0.4, 0.5) is 18.9 Å². The molecule has 3 aromatic carbocycles. The van der Waals surface area contributed by atoms with E-state index in [1.807, 2.05) is 48.0 Å². The molecule has 1 atom stereocenters. The molecule has 0 aliphatic heterocycles. The van der Waals surface area contributed by atoms with E-state index in [4.69, 9.17) is 4.74 Å². The van der Waals surface area contributed by atoms with Crippen LogP contribution in [0.5, 0.6) is 0 Å². The van der Waals surface area contributed by atoms with Gasteiger partial charge in [0.1, 0.15) is 12.0 Å². The fraction of sp³-hybridized carbons (Fsp3) is 0.361. The lowest BCUT2D eigenvalue weighted by Gasteiger charge is -2.26. The molecule has 0 saturated carbocycles. The van der Waals surface area contributed by atoms with Gasteiger partial charge >= 0.3 is 0 Å². The number of rotatable bonds is 15. The predicted octanol–water partition coefficient (Wildman–Crippen LogP) is 6.03. The molecule has 246 valence electrons. The Morgan fingerprint density at radius 3 is 2.24 bits per heavy atom. The van der Waals surface area contributed by atoms with Gasteiger partial charge in [-0.1, -0.05) is 61.5 Å². The van der Waals surface area contributed by atoms with E-state index in [1.165, 1.54) is 18.2 Å². The average molecular weight is 637 g/mol. The number of aliphatic hydroxyl groups is 2. The van der Waals surface area contributed by atoms with Gasteiger partial charge in [0.05, 0.1) is 29.8 Å². The Balaban J connectivity index is 1.95. The summed E-state index contributed by atoms with van der Waals surface area (Å²) in [4.78, 5) is 6.24. The third-order valence-electron chi connectivity index (χ3n) is 8.14. The number of allylic oxidation sites excluding steroid dienone is 1. The van der Waals surface area contributed by atoms with Crippen molar-refractivity contribution in [1.82, 2.24) is 9.88 Å². The molecule has 1 heterocycles. The molecule has 1 unspecified atom stereocenters. The standard InChI is InChI=1S/C36H43F3N4O3/c1-5-24(2)34(41-33(46-4)19-25-9-7-6-8-10-25)29-23-43(22-26-11-13-27(14-12-26)36(38)39)31-21-32(42(15-17-44)16-18-45)30(37)20-28(31)35(29)40-3/h6-14,20-21,23,33,36,41,44-45H,5,15-19,22H2,1-4H3. The number of nitrogens with one attached hydrogen (secondary N) is 1. The van der Waals surface area contributed by atoms with Crippen LogP contribution < -0.4 is 15.6 Å². The maximum absolute atomic E-state index is 15.9. The monoisotopic (exact) mass is 636 g/mol. The lowest BCUT2D eigenvalue weighted by molar-refractivity contribution is 0.0885. The second kappa shape index (κ2) is 16.4. The van der Waals surface area contributed by atoms with Crippen molar-refractivity contribution >= 4 is 22.3 Å². The van der Waals surface area contributed by atoms with Gasteiger partial charge < -0.3 is 29.7 Å². The molecule has 0 radical (unpaired) electrons. The van der Waals surface area contributed by atoms with E-state index in [2.05, 4.69) is 17.2 Å². The van der Waals surface area contributed by atoms with Gasteiger partial charge in [-0.3, -0.25) is 4.99 Å². The van der Waals surface area contributed by atoms with Gasteiger partial charge in [0.25, 0.3) is 6.43 Å². The van der Waals surface area contributed by atoms with Crippen LogP contribution in [0.25, 0.3) is 16.6 Å². The number of hydrogen-bond donors (Lipinski definition) is 3. The Bertz CT molecular complexity index is 1680. The Morgan fingerprint density at radius 1 is 1.00 bits per heavy atom. The Hall–Kier alpha value is -4.12. The number of anilines is 1. The van der Waals surface area contributed by atoms with Gasteiger partial charge in [-0.15, -0.1) is 0 Å². The molecule has 7 nitrogen and oxygen atoms in total. The number of methoxy groups -OCH3 is 1. The fourth-order valence-corrected chi connectivity index (χ4v) is 5.56. The van der Waals surface area contributed by atoms with Crippen molar-refractivity contribution in [3.63, 3.8) is 0 Å². The molecular formula is C36H43F3N4O3. The van der Waals surface area contributed by atoms with Crippen molar-refractivity contribution in [1.29, 1.82) is 0 Å². The lowest BCUT2D eigenvalue weighted by atomic mass is 10.0. The number of halogens is 3. The second-order valence-corrected chi connectivity index (χ2v) is 11.1. The van der Waals surface area contributed by atoms with E-state index < -0.39 is 12.2 Å². The number of fused-ring (bicyclic) bond motifs is 1. The minimum Gasteiger partial charge on any atom is -0.395 e. The van der Waals surface area contributed by atoms with Crippen molar-refractivity contribution in [2.75, 3.05) is 45.4 Å². The van der Waals surface area contributed by atoms with Gasteiger partial charge in [-0.2, -0.15) is 0 Å². The van der Waals surface area contributed by atoms with Crippen LogP contribution in [0, 0.1) is 5.82 Å². The Kier molecular flexibility index (Phi) is 12.4. The molecule has 0 amide bonds. The van der Waals surface area contributed by atoms with E-state index in [1.54, 1.807) is 37.3 Å². The highest BCUT2D eigenvalue weighted by molar-refractivity contribution is 5.86. The van der Waals surface area contributed by atoms with Crippen LogP contribution in [0.15, 0.2) is 83.5 Å². The molecule has 4 rings (SSSR count). The molecule has 3 N–H and O–H groups in total. The van der Waals surface area contributed by atoms with Crippen LogP contribution in [-0.4, -0.2) is 61.5 Å². The Morgan fingerprint density at radius 2 is 1.67 bits per heavy atom. The number of nitrogens with zero attached hydrogens (tertiary/aromatic N) is 3. The molecule has 0 spiro atoms. The van der Waals surface area contributed by atoms with Crippen LogP contribution in [-0.2, 0) is 17.7 Å². The van der Waals surface area contributed by atoms with E-state index in [9.17, 15) is 19.0 Å². The number of aromatic nitrogens is 1. The van der Waals surface area contributed by atoms with Crippen molar-refractivity contribution in [3.8, 4) is 0 Å². The minimum atomic E-state index is -2.57. The first-order chi connectivity index (χ1) is 22.2. The van der Waals surface area contributed by atoms with Gasteiger partial charge in [-0.05, 0) is 42.2 Å². The van der Waals surface area contributed by atoms with Gasteiger partial charge in [0.15, 0.2) is 0 Å². The quantitative estimate of drug-likeness (QED) is 0.139.